The van der Waals surface area contributed by atoms with Crippen molar-refractivity contribution in [2.75, 3.05) is 25.6 Å². The summed E-state index contributed by atoms with van der Waals surface area (Å²) in [5, 5.41) is 0. The minimum Gasteiger partial charge on any atom is -0.461 e. The highest BCUT2D eigenvalue weighted by Gasteiger charge is 2.24. The highest BCUT2D eigenvalue weighted by atomic mass is 16.5. The highest BCUT2D eigenvalue weighted by molar-refractivity contribution is 5.94. The van der Waals surface area contributed by atoms with Gasteiger partial charge >= 0.3 is 5.97 Å². The third-order valence-corrected chi connectivity index (χ3v) is 4.72. The van der Waals surface area contributed by atoms with E-state index in [1.807, 2.05) is 55.4 Å². The van der Waals surface area contributed by atoms with Crippen LogP contribution < -0.4 is 4.90 Å². The average Bonchev–Trinajstić information content (AvgIpc) is 3.13. The lowest BCUT2D eigenvalue weighted by molar-refractivity contribution is 0.0520. The zero-order valence-electron chi connectivity index (χ0n) is 17.9. The fourth-order valence-electron chi connectivity index (χ4n) is 3.02. The quantitative estimate of drug-likeness (QED) is 0.533. The average molecular weight is 392 g/mol. The molecule has 152 valence electrons. The van der Waals surface area contributed by atoms with Crippen LogP contribution in [-0.4, -0.2) is 31.7 Å². The number of carbonyl (C=O) groups excluding carboxylic acids is 1. The second-order valence-electron chi connectivity index (χ2n) is 8.19. The van der Waals surface area contributed by atoms with E-state index in [0.717, 1.165) is 16.8 Å². The van der Waals surface area contributed by atoms with Gasteiger partial charge in [0.25, 0.3) is 0 Å². The smallest absolute Gasteiger partial charge is 0.361 e. The van der Waals surface area contributed by atoms with Gasteiger partial charge in [0.05, 0.1) is 6.61 Å². The summed E-state index contributed by atoms with van der Waals surface area (Å²) >= 11 is 0. The minimum atomic E-state index is -0.487. The molecule has 0 saturated heterocycles. The maximum Gasteiger partial charge on any atom is 0.361 e. The number of nitrogens with zero attached hydrogens (tertiary/aromatic N) is 2. The molecule has 0 aliphatic rings. The van der Waals surface area contributed by atoms with E-state index < -0.39 is 5.97 Å². The van der Waals surface area contributed by atoms with Crippen molar-refractivity contribution in [3.63, 3.8) is 0 Å². The lowest BCUT2D eigenvalue weighted by atomic mass is 9.87. The van der Waals surface area contributed by atoms with Gasteiger partial charge in [0.1, 0.15) is 0 Å². The third kappa shape index (κ3) is 4.50. The molecule has 0 aliphatic carbocycles. The Morgan fingerprint density at radius 1 is 1.07 bits per heavy atom. The maximum absolute atomic E-state index is 12.5. The van der Waals surface area contributed by atoms with Crippen LogP contribution in [0.2, 0.25) is 0 Å². The molecular weight excluding hydrogens is 364 g/mol. The van der Waals surface area contributed by atoms with Crippen molar-refractivity contribution in [3.05, 3.63) is 59.8 Å². The molecule has 29 heavy (non-hydrogen) atoms. The number of anilines is 1. The first kappa shape index (κ1) is 20.6. The lowest BCUT2D eigenvalue weighted by Gasteiger charge is -2.18. The van der Waals surface area contributed by atoms with Crippen molar-refractivity contribution in [2.45, 2.75) is 33.1 Å². The van der Waals surface area contributed by atoms with Crippen LogP contribution in [0.4, 0.5) is 5.69 Å². The van der Waals surface area contributed by atoms with Crippen LogP contribution in [0.5, 0.6) is 0 Å². The first-order valence-electron chi connectivity index (χ1n) is 9.77. The Morgan fingerprint density at radius 2 is 1.76 bits per heavy atom. The van der Waals surface area contributed by atoms with E-state index in [1.54, 1.807) is 6.92 Å². The Hall–Kier alpha value is -3.08. The topological polar surface area (TPSA) is 55.6 Å². The molecule has 0 radical (unpaired) electrons. The number of oxazole rings is 1. The molecule has 1 aromatic heterocycles. The molecule has 0 unspecified atom stereocenters. The molecule has 5 heteroatoms. The van der Waals surface area contributed by atoms with E-state index in [4.69, 9.17) is 9.15 Å². The largest absolute Gasteiger partial charge is 0.461 e. The summed E-state index contributed by atoms with van der Waals surface area (Å²) in [4.78, 5) is 19.0. The molecule has 0 atom stereocenters. The molecule has 0 fully saturated rings. The van der Waals surface area contributed by atoms with Gasteiger partial charge in [-0.15, -0.1) is 0 Å². The summed E-state index contributed by atoms with van der Waals surface area (Å²) in [7, 11) is 3.93. The van der Waals surface area contributed by atoms with Gasteiger partial charge in [-0.3, -0.25) is 0 Å². The number of aromatic nitrogens is 1. The zero-order chi connectivity index (χ0) is 21.2. The van der Waals surface area contributed by atoms with Gasteiger partial charge in [0, 0.05) is 30.9 Å². The summed E-state index contributed by atoms with van der Waals surface area (Å²) < 4.78 is 11.3. The van der Waals surface area contributed by atoms with E-state index in [0.29, 0.717) is 11.7 Å². The van der Waals surface area contributed by atoms with Crippen LogP contribution >= 0.6 is 0 Å². The van der Waals surface area contributed by atoms with E-state index in [2.05, 4.69) is 37.9 Å². The highest BCUT2D eigenvalue weighted by Crippen LogP contribution is 2.33. The number of ether oxygens (including phenoxy) is 1. The van der Waals surface area contributed by atoms with Crippen molar-refractivity contribution in [3.8, 4) is 22.8 Å². The van der Waals surface area contributed by atoms with Crippen LogP contribution in [0.15, 0.2) is 52.9 Å². The number of esters is 1. The van der Waals surface area contributed by atoms with E-state index in [9.17, 15) is 4.79 Å². The van der Waals surface area contributed by atoms with Crippen LogP contribution in [-0.2, 0) is 10.2 Å². The Labute approximate surface area is 172 Å². The first-order chi connectivity index (χ1) is 13.7. The van der Waals surface area contributed by atoms with Crippen LogP contribution in [0.1, 0.15) is 43.7 Å². The predicted molar refractivity (Wildman–Crippen MR) is 116 cm³/mol. The van der Waals surface area contributed by atoms with Crippen molar-refractivity contribution in [1.29, 1.82) is 0 Å². The molecule has 0 bridgehead atoms. The van der Waals surface area contributed by atoms with Gasteiger partial charge in [-0.1, -0.05) is 45.0 Å². The van der Waals surface area contributed by atoms with Gasteiger partial charge < -0.3 is 14.1 Å². The van der Waals surface area contributed by atoms with E-state index in [1.165, 1.54) is 5.56 Å². The summed E-state index contributed by atoms with van der Waals surface area (Å²) in [6, 6.07) is 15.9. The number of carbonyl (C=O) groups is 1. The SMILES string of the molecule is CCOC(=O)c1nc(-c2ccc(C(C)(C)C)cc2)oc1-c1cccc(N(C)C)c1. The van der Waals surface area contributed by atoms with Crippen LogP contribution in [0, 0.1) is 0 Å². The van der Waals surface area contributed by atoms with Gasteiger partial charge in [0.2, 0.25) is 5.89 Å². The summed E-state index contributed by atoms with van der Waals surface area (Å²) in [6.07, 6.45) is 0. The molecule has 0 saturated carbocycles. The number of hydrogen-bond donors (Lipinski definition) is 0. The molecule has 0 spiro atoms. The Balaban J connectivity index is 2.08. The monoisotopic (exact) mass is 392 g/mol. The fraction of sp³-hybridized carbons (Fsp3) is 0.333. The lowest BCUT2D eigenvalue weighted by Crippen LogP contribution is -2.10. The van der Waals surface area contributed by atoms with Crippen molar-refractivity contribution in [1.82, 2.24) is 4.98 Å². The molecule has 3 aromatic rings. The van der Waals surface area contributed by atoms with E-state index in [-0.39, 0.29) is 17.7 Å². The third-order valence-electron chi connectivity index (χ3n) is 4.72. The second kappa shape index (κ2) is 8.11. The van der Waals surface area contributed by atoms with Gasteiger partial charge in [0.15, 0.2) is 11.5 Å². The molecule has 2 aromatic carbocycles. The Bertz CT molecular complexity index is 996. The predicted octanol–water partition coefficient (Wildman–Crippen LogP) is 5.55. The first-order valence-corrected chi connectivity index (χ1v) is 9.77. The zero-order valence-corrected chi connectivity index (χ0v) is 17.9. The molecule has 5 nitrogen and oxygen atoms in total. The summed E-state index contributed by atoms with van der Waals surface area (Å²) in [5.74, 6) is 0.333. The Kier molecular flexibility index (Phi) is 5.78. The number of hydrogen-bond acceptors (Lipinski definition) is 5. The number of rotatable bonds is 5. The standard InChI is InChI=1S/C24H28N2O3/c1-7-28-23(27)20-21(17-9-8-10-19(15-17)26(5)6)29-22(25-20)16-11-13-18(14-12-16)24(2,3)4/h8-15H,7H2,1-6H3. The normalized spacial score (nSPS) is 11.4. The minimum absolute atomic E-state index is 0.0585. The van der Waals surface area contributed by atoms with Gasteiger partial charge in [-0.05, 0) is 42.2 Å². The Morgan fingerprint density at radius 3 is 2.34 bits per heavy atom. The van der Waals surface area contributed by atoms with Crippen LogP contribution in [0.25, 0.3) is 22.8 Å². The molecule has 0 amide bonds. The molecular formula is C24H28N2O3. The summed E-state index contributed by atoms with van der Waals surface area (Å²) in [6.45, 7) is 8.56. The molecule has 3 rings (SSSR count). The molecule has 1 heterocycles. The van der Waals surface area contributed by atoms with Gasteiger partial charge in [-0.2, -0.15) is 0 Å². The van der Waals surface area contributed by atoms with E-state index >= 15 is 0 Å². The van der Waals surface area contributed by atoms with Crippen LogP contribution in [0.3, 0.4) is 0 Å². The van der Waals surface area contributed by atoms with Crippen molar-refractivity contribution in [2.24, 2.45) is 0 Å². The molecule has 0 aliphatic heterocycles. The number of benzene rings is 2. The van der Waals surface area contributed by atoms with Crippen molar-refractivity contribution < 1.29 is 13.9 Å². The van der Waals surface area contributed by atoms with Gasteiger partial charge in [-0.25, -0.2) is 9.78 Å². The molecule has 0 N–H and O–H groups in total. The summed E-state index contributed by atoms with van der Waals surface area (Å²) in [5.41, 5.74) is 4.07. The fourth-order valence-corrected chi connectivity index (χ4v) is 3.02. The van der Waals surface area contributed by atoms with Crippen molar-refractivity contribution >= 4 is 11.7 Å². The maximum atomic E-state index is 12.5. The second-order valence-corrected chi connectivity index (χ2v) is 8.19.